The van der Waals surface area contributed by atoms with Gasteiger partial charge in [0, 0.05) is 33.6 Å². The number of H-pyrrole nitrogens is 1. The first-order valence-electron chi connectivity index (χ1n) is 8.18. The van der Waals surface area contributed by atoms with Gasteiger partial charge in [-0.25, -0.2) is 8.70 Å². The van der Waals surface area contributed by atoms with E-state index >= 15 is 0 Å². The first-order valence-corrected chi connectivity index (χ1v) is 10.7. The van der Waals surface area contributed by atoms with Crippen molar-refractivity contribution in [3.63, 3.8) is 0 Å². The maximum absolute atomic E-state index is 13.4. The fourth-order valence-electron chi connectivity index (χ4n) is 3.28. The van der Waals surface area contributed by atoms with Crippen molar-refractivity contribution in [2.75, 3.05) is 18.6 Å². The highest BCUT2D eigenvalue weighted by Gasteiger charge is 2.28. The minimum Gasteiger partial charge on any atom is -0.617 e. The highest BCUT2D eigenvalue weighted by Crippen LogP contribution is 2.45. The number of nitrogens with one attached hydrogen (secondary N) is 1. The van der Waals surface area contributed by atoms with Crippen molar-refractivity contribution in [3.05, 3.63) is 54.0 Å². The predicted octanol–water partition coefficient (Wildman–Crippen LogP) is 4.74. The van der Waals surface area contributed by atoms with E-state index in [4.69, 9.17) is 0 Å². The Labute approximate surface area is 153 Å². The lowest BCUT2D eigenvalue weighted by atomic mass is 9.99. The molecular formula is C19H19FN2OS2. The molecule has 2 unspecified atom stereocenters. The molecule has 130 valence electrons. The third kappa shape index (κ3) is 3.19. The number of rotatable bonds is 4. The standard InChI is InChI=1S/C19H19FN2OS2/c1-12-16-9-13(3-6-19(16)24-22(12)7-8-25(2)23)17-11-21-18-10-14(20)4-5-15(17)18/h3-6,9-12,21H,7-8H2,1-2H3. The van der Waals surface area contributed by atoms with Gasteiger partial charge >= 0.3 is 0 Å². The molecule has 6 heteroatoms. The number of fused-ring (bicyclic) bond motifs is 2. The Bertz CT molecular complexity index is 925. The Morgan fingerprint density at radius 1 is 1.28 bits per heavy atom. The number of benzene rings is 2. The highest BCUT2D eigenvalue weighted by molar-refractivity contribution is 7.97. The lowest BCUT2D eigenvalue weighted by Gasteiger charge is -2.19. The normalized spacial score (nSPS) is 18.6. The average Bonchev–Trinajstić information content (AvgIpc) is 3.13. The molecule has 4 rings (SSSR count). The molecule has 1 aromatic heterocycles. The summed E-state index contributed by atoms with van der Waals surface area (Å²) in [5, 5.41) is 1.03. The largest absolute Gasteiger partial charge is 0.617 e. The Morgan fingerprint density at radius 3 is 2.92 bits per heavy atom. The minimum atomic E-state index is -0.778. The zero-order valence-electron chi connectivity index (χ0n) is 14.1. The molecule has 2 aromatic carbocycles. The van der Waals surface area contributed by atoms with E-state index in [0.717, 1.165) is 28.6 Å². The van der Waals surface area contributed by atoms with Crippen LogP contribution in [0.15, 0.2) is 47.5 Å². The van der Waals surface area contributed by atoms with E-state index < -0.39 is 11.2 Å². The minimum absolute atomic E-state index is 0.233. The number of nitrogens with zero attached hydrogens (tertiary/aromatic N) is 1. The molecule has 1 aliphatic rings. The van der Waals surface area contributed by atoms with Crippen LogP contribution >= 0.6 is 11.9 Å². The Balaban J connectivity index is 1.66. The van der Waals surface area contributed by atoms with E-state index in [1.165, 1.54) is 22.6 Å². The van der Waals surface area contributed by atoms with E-state index in [0.29, 0.717) is 5.75 Å². The highest BCUT2D eigenvalue weighted by atomic mass is 32.2. The van der Waals surface area contributed by atoms with Crippen molar-refractivity contribution in [3.8, 4) is 11.1 Å². The van der Waals surface area contributed by atoms with Crippen molar-refractivity contribution >= 4 is 34.0 Å². The van der Waals surface area contributed by atoms with Crippen molar-refractivity contribution in [2.45, 2.75) is 17.9 Å². The Morgan fingerprint density at radius 2 is 2.12 bits per heavy atom. The third-order valence-electron chi connectivity index (χ3n) is 4.66. The van der Waals surface area contributed by atoms with Gasteiger partial charge in [0.05, 0.1) is 12.8 Å². The second-order valence-electron chi connectivity index (χ2n) is 6.33. The van der Waals surface area contributed by atoms with E-state index in [-0.39, 0.29) is 11.9 Å². The monoisotopic (exact) mass is 374 g/mol. The summed E-state index contributed by atoms with van der Waals surface area (Å²) < 4.78 is 27.1. The van der Waals surface area contributed by atoms with Gasteiger partial charge in [-0.1, -0.05) is 17.2 Å². The molecule has 1 N–H and O–H groups in total. The molecule has 0 amide bonds. The summed E-state index contributed by atoms with van der Waals surface area (Å²) in [5.41, 5.74) is 4.32. The Kier molecular flexibility index (Phi) is 4.54. The summed E-state index contributed by atoms with van der Waals surface area (Å²) in [6.07, 6.45) is 3.69. The van der Waals surface area contributed by atoms with Gasteiger partial charge in [0.25, 0.3) is 0 Å². The van der Waals surface area contributed by atoms with Crippen LogP contribution in [0.3, 0.4) is 0 Å². The maximum Gasteiger partial charge on any atom is 0.125 e. The summed E-state index contributed by atoms with van der Waals surface area (Å²) in [7, 11) is 0. The quantitative estimate of drug-likeness (QED) is 0.530. The lowest BCUT2D eigenvalue weighted by molar-refractivity contribution is 0.413. The second-order valence-corrected chi connectivity index (χ2v) is 8.98. The molecule has 2 heterocycles. The smallest absolute Gasteiger partial charge is 0.125 e. The van der Waals surface area contributed by atoms with Crippen molar-refractivity contribution < 1.29 is 8.94 Å². The molecule has 0 spiro atoms. The van der Waals surface area contributed by atoms with Crippen molar-refractivity contribution in [1.82, 2.24) is 9.29 Å². The van der Waals surface area contributed by atoms with Gasteiger partial charge in [-0.3, -0.25) is 0 Å². The third-order valence-corrected chi connectivity index (χ3v) is 6.72. The SMILES string of the molecule is CC1c2cc(-c3c[nH]c4cc(F)ccc34)ccc2SN1CC[S+](C)[O-]. The fourth-order valence-corrected chi connectivity index (χ4v) is 5.02. The zero-order valence-corrected chi connectivity index (χ0v) is 15.7. The first kappa shape index (κ1) is 17.0. The summed E-state index contributed by atoms with van der Waals surface area (Å²) in [4.78, 5) is 4.41. The second kappa shape index (κ2) is 6.68. The van der Waals surface area contributed by atoms with Crippen LogP contribution in [0, 0.1) is 5.82 Å². The van der Waals surface area contributed by atoms with Crippen LogP contribution in [0.25, 0.3) is 22.0 Å². The van der Waals surface area contributed by atoms with Gasteiger partial charge in [-0.05, 0) is 60.3 Å². The Hall–Kier alpha value is -1.47. The molecule has 0 radical (unpaired) electrons. The van der Waals surface area contributed by atoms with Gasteiger partial charge in [-0.15, -0.1) is 0 Å². The molecule has 3 nitrogen and oxygen atoms in total. The van der Waals surface area contributed by atoms with Gasteiger partial charge in [0.15, 0.2) is 0 Å². The molecule has 0 saturated heterocycles. The molecule has 1 aliphatic heterocycles. The number of aromatic amines is 1. The van der Waals surface area contributed by atoms with Crippen LogP contribution < -0.4 is 0 Å². The average molecular weight is 375 g/mol. The first-order chi connectivity index (χ1) is 12.0. The van der Waals surface area contributed by atoms with Crippen LogP contribution in [0.5, 0.6) is 0 Å². The molecule has 0 bridgehead atoms. The van der Waals surface area contributed by atoms with Gasteiger partial charge in [0.1, 0.15) is 11.6 Å². The summed E-state index contributed by atoms with van der Waals surface area (Å²) in [5.74, 6) is 0.454. The molecule has 2 atom stereocenters. The molecule has 3 aromatic rings. The van der Waals surface area contributed by atoms with Crippen LogP contribution in [0.4, 0.5) is 4.39 Å². The van der Waals surface area contributed by atoms with Crippen molar-refractivity contribution in [1.29, 1.82) is 0 Å². The molecule has 0 saturated carbocycles. The summed E-state index contributed by atoms with van der Waals surface area (Å²) in [6, 6.07) is 11.6. The van der Waals surface area contributed by atoms with E-state index in [1.54, 1.807) is 18.2 Å². The summed E-state index contributed by atoms with van der Waals surface area (Å²) in [6.45, 7) is 3.00. The van der Waals surface area contributed by atoms with Crippen LogP contribution in [-0.4, -0.2) is 32.4 Å². The molecule has 0 aliphatic carbocycles. The van der Waals surface area contributed by atoms with E-state index in [9.17, 15) is 8.94 Å². The van der Waals surface area contributed by atoms with Gasteiger partial charge in [0.2, 0.25) is 0 Å². The van der Waals surface area contributed by atoms with Crippen LogP contribution in [-0.2, 0) is 11.2 Å². The molecule has 0 fully saturated rings. The lowest BCUT2D eigenvalue weighted by Crippen LogP contribution is -2.22. The number of hydrogen-bond donors (Lipinski definition) is 1. The van der Waals surface area contributed by atoms with Gasteiger partial charge in [-0.2, -0.15) is 0 Å². The van der Waals surface area contributed by atoms with Crippen LogP contribution in [0.2, 0.25) is 0 Å². The van der Waals surface area contributed by atoms with Gasteiger partial charge < -0.3 is 9.54 Å². The number of hydrogen-bond acceptors (Lipinski definition) is 3. The van der Waals surface area contributed by atoms with E-state index in [2.05, 4.69) is 34.4 Å². The zero-order chi connectivity index (χ0) is 17.6. The predicted molar refractivity (Wildman–Crippen MR) is 104 cm³/mol. The van der Waals surface area contributed by atoms with E-state index in [1.807, 2.05) is 12.3 Å². The maximum atomic E-state index is 13.4. The molecular weight excluding hydrogens is 355 g/mol. The molecule has 25 heavy (non-hydrogen) atoms. The van der Waals surface area contributed by atoms with Crippen LogP contribution in [0.1, 0.15) is 18.5 Å². The number of aromatic nitrogens is 1. The number of halogens is 1. The summed E-state index contributed by atoms with van der Waals surface area (Å²) >= 11 is 0.961. The topological polar surface area (TPSA) is 42.1 Å². The van der Waals surface area contributed by atoms with Crippen molar-refractivity contribution in [2.24, 2.45) is 0 Å². The fraction of sp³-hybridized carbons (Fsp3) is 0.263.